The van der Waals surface area contributed by atoms with Gasteiger partial charge in [0.05, 0.1) is 7.45 Å². The average Bonchev–Trinajstić information content (AvgIpc) is 2.46. The van der Waals surface area contributed by atoms with Crippen molar-refractivity contribution in [2.24, 2.45) is 11.7 Å². The fraction of sp³-hybridized carbons (Fsp3) is 0.625. The number of aliphatic hydroxyl groups is 1. The van der Waals surface area contributed by atoms with E-state index in [0.29, 0.717) is 12.1 Å². The molecule has 0 heterocycles. The molecule has 1 unspecified atom stereocenters. The Labute approximate surface area is 117 Å². The molecule has 106 valence electrons. The Hall–Kier alpha value is -1.06. The number of benzene rings is 1. The molecule has 3 heteroatoms. The molecule has 0 amide bonds. The summed E-state index contributed by atoms with van der Waals surface area (Å²) in [5.74, 6) is 0.756. The topological polar surface area (TPSA) is 58.3 Å². The molecule has 1 aromatic rings. The van der Waals surface area contributed by atoms with E-state index < -0.39 is 6.08 Å². The summed E-state index contributed by atoms with van der Waals surface area (Å²) in [4.78, 5) is 0. The smallest absolute Gasteiger partial charge is 0.0802 e. The zero-order valence-electron chi connectivity index (χ0n) is 12.6. The van der Waals surface area contributed by atoms with E-state index in [1.807, 2.05) is 18.2 Å². The van der Waals surface area contributed by atoms with Crippen molar-refractivity contribution in [3.63, 3.8) is 0 Å². The monoisotopic (exact) mass is 263 g/mol. The summed E-state index contributed by atoms with van der Waals surface area (Å²) in [6.45, 7) is 1.29. The van der Waals surface area contributed by atoms with Crippen LogP contribution in [-0.4, -0.2) is 18.2 Å². The maximum absolute atomic E-state index is 10.1. The molecule has 1 atom stereocenters. The Morgan fingerprint density at radius 2 is 2.16 bits per heavy atom. The highest BCUT2D eigenvalue weighted by molar-refractivity contribution is 5.46. The normalized spacial score (nSPS) is 20.6. The van der Waals surface area contributed by atoms with Crippen LogP contribution in [0.25, 0.3) is 0 Å². The summed E-state index contributed by atoms with van der Waals surface area (Å²) in [5, 5.41) is 13.5. The number of rotatable bonds is 6. The van der Waals surface area contributed by atoms with Crippen LogP contribution in [0.5, 0.6) is 0 Å². The SMILES string of the molecule is [2H]C(O)(CCN)c1cccc(NCC2CCCCC2)c1. The van der Waals surface area contributed by atoms with Gasteiger partial charge in [0.25, 0.3) is 0 Å². The molecule has 1 fully saturated rings. The van der Waals surface area contributed by atoms with Gasteiger partial charge in [0.15, 0.2) is 0 Å². The minimum Gasteiger partial charge on any atom is -0.388 e. The van der Waals surface area contributed by atoms with Crippen LogP contribution in [0.1, 0.15) is 51.5 Å². The quantitative estimate of drug-likeness (QED) is 0.739. The number of anilines is 1. The molecule has 1 aromatic carbocycles. The van der Waals surface area contributed by atoms with Gasteiger partial charge in [-0.2, -0.15) is 0 Å². The molecule has 0 aromatic heterocycles. The fourth-order valence-corrected chi connectivity index (χ4v) is 2.74. The molecular weight excluding hydrogens is 236 g/mol. The second-order valence-electron chi connectivity index (χ2n) is 5.45. The summed E-state index contributed by atoms with van der Waals surface area (Å²) in [5.41, 5.74) is 7.04. The van der Waals surface area contributed by atoms with Crippen LogP contribution in [0.3, 0.4) is 0 Å². The van der Waals surface area contributed by atoms with Crippen LogP contribution in [-0.2, 0) is 0 Å². The molecule has 2 rings (SSSR count). The number of nitrogens with one attached hydrogen (secondary N) is 1. The number of nitrogens with two attached hydrogens (primary N) is 1. The zero-order valence-corrected chi connectivity index (χ0v) is 11.6. The lowest BCUT2D eigenvalue weighted by molar-refractivity contribution is 0.170. The minimum absolute atomic E-state index is 0.249. The van der Waals surface area contributed by atoms with Crippen molar-refractivity contribution in [3.05, 3.63) is 29.8 Å². The maximum atomic E-state index is 10.1. The summed E-state index contributed by atoms with van der Waals surface area (Å²) >= 11 is 0. The summed E-state index contributed by atoms with van der Waals surface area (Å²) in [6, 6.07) is 7.53. The van der Waals surface area contributed by atoms with Gasteiger partial charge >= 0.3 is 0 Å². The van der Waals surface area contributed by atoms with Gasteiger partial charge in [-0.1, -0.05) is 31.4 Å². The molecule has 0 bridgehead atoms. The Balaban J connectivity index is 1.95. The third kappa shape index (κ3) is 4.51. The van der Waals surface area contributed by atoms with Crippen LogP contribution < -0.4 is 11.1 Å². The lowest BCUT2D eigenvalue weighted by Gasteiger charge is -2.22. The number of hydrogen-bond donors (Lipinski definition) is 3. The largest absolute Gasteiger partial charge is 0.388 e. The van der Waals surface area contributed by atoms with Crippen LogP contribution in [0.2, 0.25) is 0 Å². The van der Waals surface area contributed by atoms with Crippen molar-refractivity contribution in [2.45, 2.75) is 44.6 Å². The molecule has 0 aliphatic heterocycles. The van der Waals surface area contributed by atoms with Gasteiger partial charge in [-0.3, -0.25) is 0 Å². The first-order valence-electron chi connectivity index (χ1n) is 7.89. The van der Waals surface area contributed by atoms with Gasteiger partial charge in [0.2, 0.25) is 0 Å². The first-order valence-corrected chi connectivity index (χ1v) is 7.39. The highest BCUT2D eigenvalue weighted by Crippen LogP contribution is 2.25. The van der Waals surface area contributed by atoms with Crippen LogP contribution in [0.15, 0.2) is 24.3 Å². The molecule has 1 aliphatic carbocycles. The van der Waals surface area contributed by atoms with E-state index in [-0.39, 0.29) is 6.42 Å². The third-order valence-electron chi connectivity index (χ3n) is 3.90. The van der Waals surface area contributed by atoms with E-state index >= 15 is 0 Å². The predicted molar refractivity (Wildman–Crippen MR) is 80.1 cm³/mol. The first-order chi connectivity index (χ1) is 9.62. The minimum atomic E-state index is -1.59. The van der Waals surface area contributed by atoms with Crippen molar-refractivity contribution >= 4 is 5.69 Å². The molecule has 0 spiro atoms. The first kappa shape index (κ1) is 12.9. The molecular formula is C16H26N2O. The van der Waals surface area contributed by atoms with Crippen LogP contribution in [0.4, 0.5) is 5.69 Å². The molecule has 3 nitrogen and oxygen atoms in total. The summed E-state index contributed by atoms with van der Waals surface area (Å²) in [6.07, 6.45) is 5.34. The van der Waals surface area contributed by atoms with Gasteiger partial charge in [0, 0.05) is 12.2 Å². The maximum Gasteiger partial charge on any atom is 0.0802 e. The number of hydrogen-bond acceptors (Lipinski definition) is 3. The molecule has 1 saturated carbocycles. The van der Waals surface area contributed by atoms with Crippen molar-refractivity contribution in [2.75, 3.05) is 18.4 Å². The standard InChI is InChI=1S/C16H26N2O/c17-10-9-16(19)14-7-4-8-15(11-14)18-12-13-5-2-1-3-6-13/h4,7-8,11,13,16,18-19H,1-3,5-6,9-10,12,17H2/i16D. The van der Waals surface area contributed by atoms with Crippen LogP contribution >= 0.6 is 0 Å². The lowest BCUT2D eigenvalue weighted by atomic mass is 9.89. The summed E-state index contributed by atoms with van der Waals surface area (Å²) < 4.78 is 7.94. The van der Waals surface area contributed by atoms with E-state index in [4.69, 9.17) is 7.10 Å². The second-order valence-corrected chi connectivity index (χ2v) is 5.45. The second kappa shape index (κ2) is 7.51. The van der Waals surface area contributed by atoms with E-state index in [1.165, 1.54) is 32.1 Å². The Morgan fingerprint density at radius 1 is 1.37 bits per heavy atom. The van der Waals surface area contributed by atoms with E-state index in [9.17, 15) is 5.11 Å². The Bertz CT molecular complexity index is 417. The van der Waals surface area contributed by atoms with E-state index in [1.54, 1.807) is 6.07 Å². The highest BCUT2D eigenvalue weighted by atomic mass is 16.3. The average molecular weight is 263 g/mol. The van der Waals surface area contributed by atoms with Gasteiger partial charge < -0.3 is 16.2 Å². The van der Waals surface area contributed by atoms with Crippen molar-refractivity contribution in [1.82, 2.24) is 0 Å². The molecule has 4 N–H and O–H groups in total. The highest BCUT2D eigenvalue weighted by Gasteiger charge is 2.13. The molecule has 0 radical (unpaired) electrons. The zero-order chi connectivity index (χ0) is 14.4. The van der Waals surface area contributed by atoms with Crippen LogP contribution in [0, 0.1) is 5.92 Å². The molecule has 1 aliphatic rings. The Kier molecular flexibility index (Phi) is 5.12. The predicted octanol–water partition coefficient (Wildman–Crippen LogP) is 3.06. The Morgan fingerprint density at radius 3 is 2.89 bits per heavy atom. The summed E-state index contributed by atoms with van der Waals surface area (Å²) in [7, 11) is 0. The van der Waals surface area contributed by atoms with Crippen molar-refractivity contribution in [1.29, 1.82) is 0 Å². The van der Waals surface area contributed by atoms with Gasteiger partial charge in [-0.05, 0) is 49.4 Å². The fourth-order valence-electron chi connectivity index (χ4n) is 2.74. The third-order valence-corrected chi connectivity index (χ3v) is 3.90. The molecule has 0 saturated heterocycles. The molecule has 19 heavy (non-hydrogen) atoms. The van der Waals surface area contributed by atoms with Gasteiger partial charge in [0.1, 0.15) is 0 Å². The van der Waals surface area contributed by atoms with Gasteiger partial charge in [-0.15, -0.1) is 0 Å². The van der Waals surface area contributed by atoms with E-state index in [0.717, 1.165) is 18.2 Å². The van der Waals surface area contributed by atoms with E-state index in [2.05, 4.69) is 5.32 Å². The van der Waals surface area contributed by atoms with Crippen molar-refractivity contribution in [3.8, 4) is 0 Å². The van der Waals surface area contributed by atoms with Gasteiger partial charge in [-0.25, -0.2) is 0 Å². The van der Waals surface area contributed by atoms with Crippen molar-refractivity contribution < 1.29 is 6.48 Å². The lowest BCUT2D eigenvalue weighted by Crippen LogP contribution is -2.17.